The lowest BCUT2D eigenvalue weighted by atomic mass is 10.1. The highest BCUT2D eigenvalue weighted by Crippen LogP contribution is 2.19. The van der Waals surface area contributed by atoms with Crippen molar-refractivity contribution in [2.75, 3.05) is 7.11 Å². The van der Waals surface area contributed by atoms with Gasteiger partial charge in [0, 0.05) is 18.6 Å². The van der Waals surface area contributed by atoms with Crippen molar-refractivity contribution in [2.24, 2.45) is 5.16 Å². The molecule has 0 amide bonds. The van der Waals surface area contributed by atoms with Crippen LogP contribution in [0, 0.1) is 0 Å². The second-order valence-corrected chi connectivity index (χ2v) is 3.47. The van der Waals surface area contributed by atoms with Gasteiger partial charge in [-0.3, -0.25) is 4.98 Å². The molecule has 0 fully saturated rings. The Morgan fingerprint density at radius 3 is 2.72 bits per heavy atom. The van der Waals surface area contributed by atoms with Crippen molar-refractivity contribution in [3.63, 3.8) is 0 Å². The van der Waals surface area contributed by atoms with E-state index < -0.39 is 5.97 Å². The minimum absolute atomic E-state index is 0.169. The fourth-order valence-corrected chi connectivity index (χ4v) is 1.54. The number of oxime groups is 1. The summed E-state index contributed by atoms with van der Waals surface area (Å²) in [7, 11) is 1.30. The Morgan fingerprint density at radius 2 is 2.11 bits per heavy atom. The SMILES string of the molecule is CO/N=C(\C(=O)O)c1cc(-c2ccncc2)c[nH]1. The molecule has 0 aromatic carbocycles. The predicted octanol–water partition coefficient (Wildman–Crippen LogP) is 1.51. The van der Waals surface area contributed by atoms with Gasteiger partial charge in [0.1, 0.15) is 7.11 Å². The highest BCUT2D eigenvalue weighted by atomic mass is 16.6. The molecule has 0 saturated heterocycles. The molecular weight excluding hydrogens is 234 g/mol. The molecule has 6 heteroatoms. The van der Waals surface area contributed by atoms with E-state index in [2.05, 4.69) is 20.0 Å². The summed E-state index contributed by atoms with van der Waals surface area (Å²) < 4.78 is 0. The number of hydrogen-bond acceptors (Lipinski definition) is 4. The molecule has 0 aliphatic rings. The molecule has 0 unspecified atom stereocenters. The van der Waals surface area contributed by atoms with E-state index in [1.807, 2.05) is 12.1 Å². The van der Waals surface area contributed by atoms with E-state index in [1.165, 1.54) is 7.11 Å². The molecule has 2 aromatic heterocycles. The molecule has 2 heterocycles. The third kappa shape index (κ3) is 2.37. The summed E-state index contributed by atoms with van der Waals surface area (Å²) in [5.74, 6) is -1.15. The van der Waals surface area contributed by atoms with Gasteiger partial charge in [-0.15, -0.1) is 0 Å². The average Bonchev–Trinajstić information content (AvgIpc) is 2.86. The van der Waals surface area contributed by atoms with Gasteiger partial charge in [-0.25, -0.2) is 4.79 Å². The maximum absolute atomic E-state index is 11.0. The van der Waals surface area contributed by atoms with Crippen molar-refractivity contribution in [2.45, 2.75) is 0 Å². The van der Waals surface area contributed by atoms with Crippen LogP contribution in [0.4, 0.5) is 0 Å². The van der Waals surface area contributed by atoms with E-state index in [1.54, 1.807) is 24.7 Å². The van der Waals surface area contributed by atoms with Crippen molar-refractivity contribution in [3.8, 4) is 11.1 Å². The van der Waals surface area contributed by atoms with Crippen LogP contribution in [0.25, 0.3) is 11.1 Å². The number of carbonyl (C=O) groups is 1. The molecule has 18 heavy (non-hydrogen) atoms. The Hall–Kier alpha value is -2.63. The number of nitrogens with zero attached hydrogens (tertiary/aromatic N) is 2. The molecule has 92 valence electrons. The second-order valence-electron chi connectivity index (χ2n) is 3.47. The zero-order valence-electron chi connectivity index (χ0n) is 9.62. The fourth-order valence-electron chi connectivity index (χ4n) is 1.54. The summed E-state index contributed by atoms with van der Waals surface area (Å²) in [6.45, 7) is 0. The maximum Gasteiger partial charge on any atom is 0.360 e. The first-order chi connectivity index (χ1) is 8.72. The molecule has 2 rings (SSSR count). The van der Waals surface area contributed by atoms with Crippen LogP contribution in [-0.4, -0.2) is 33.9 Å². The molecule has 0 saturated carbocycles. The number of aliphatic carboxylic acids is 1. The lowest BCUT2D eigenvalue weighted by molar-refractivity contribution is -0.129. The van der Waals surface area contributed by atoms with Crippen LogP contribution in [0.2, 0.25) is 0 Å². The Bertz CT molecular complexity index is 575. The van der Waals surface area contributed by atoms with Crippen LogP contribution < -0.4 is 0 Å². The number of hydrogen-bond donors (Lipinski definition) is 2. The topological polar surface area (TPSA) is 87.6 Å². The molecule has 0 atom stereocenters. The van der Waals surface area contributed by atoms with Gasteiger partial charge in [-0.1, -0.05) is 5.16 Å². The van der Waals surface area contributed by atoms with Gasteiger partial charge in [-0.2, -0.15) is 0 Å². The first-order valence-electron chi connectivity index (χ1n) is 5.16. The smallest absolute Gasteiger partial charge is 0.360 e. The van der Waals surface area contributed by atoms with Crippen LogP contribution in [0.5, 0.6) is 0 Å². The van der Waals surface area contributed by atoms with Gasteiger partial charge in [-0.05, 0) is 29.3 Å². The Balaban J connectivity index is 2.36. The largest absolute Gasteiger partial charge is 0.476 e. The molecule has 0 radical (unpaired) electrons. The zero-order valence-corrected chi connectivity index (χ0v) is 9.62. The minimum Gasteiger partial charge on any atom is -0.476 e. The van der Waals surface area contributed by atoms with E-state index in [0.717, 1.165) is 11.1 Å². The van der Waals surface area contributed by atoms with Crippen LogP contribution in [0.3, 0.4) is 0 Å². The molecule has 6 nitrogen and oxygen atoms in total. The zero-order chi connectivity index (χ0) is 13.0. The first kappa shape index (κ1) is 11.8. The Labute approximate surface area is 103 Å². The van der Waals surface area contributed by atoms with Gasteiger partial charge in [0.2, 0.25) is 5.71 Å². The third-order valence-corrected chi connectivity index (χ3v) is 2.34. The van der Waals surface area contributed by atoms with E-state index in [4.69, 9.17) is 5.11 Å². The summed E-state index contributed by atoms with van der Waals surface area (Å²) in [5.41, 5.74) is 2.01. The van der Waals surface area contributed by atoms with Gasteiger partial charge in [0.25, 0.3) is 0 Å². The minimum atomic E-state index is -1.15. The van der Waals surface area contributed by atoms with E-state index in [0.29, 0.717) is 5.69 Å². The third-order valence-electron chi connectivity index (χ3n) is 2.34. The van der Waals surface area contributed by atoms with Crippen LogP contribution >= 0.6 is 0 Å². The molecule has 2 N–H and O–H groups in total. The number of aromatic amines is 1. The molecule has 0 bridgehead atoms. The highest BCUT2D eigenvalue weighted by molar-refractivity contribution is 6.42. The number of pyridine rings is 1. The van der Waals surface area contributed by atoms with Crippen molar-refractivity contribution >= 4 is 11.7 Å². The quantitative estimate of drug-likeness (QED) is 0.631. The summed E-state index contributed by atoms with van der Waals surface area (Å²) in [4.78, 5) is 22.3. The number of H-pyrrole nitrogens is 1. The van der Waals surface area contributed by atoms with Crippen LogP contribution in [-0.2, 0) is 9.63 Å². The molecular formula is C12H11N3O3. The first-order valence-corrected chi connectivity index (χ1v) is 5.16. The van der Waals surface area contributed by atoms with E-state index in [-0.39, 0.29) is 5.71 Å². The van der Waals surface area contributed by atoms with Gasteiger partial charge < -0.3 is 14.9 Å². The van der Waals surface area contributed by atoms with E-state index >= 15 is 0 Å². The predicted molar refractivity (Wildman–Crippen MR) is 65.2 cm³/mol. The lowest BCUT2D eigenvalue weighted by Crippen LogP contribution is -2.15. The van der Waals surface area contributed by atoms with Crippen LogP contribution in [0.1, 0.15) is 5.69 Å². The highest BCUT2D eigenvalue weighted by Gasteiger charge is 2.16. The number of rotatable bonds is 4. The summed E-state index contributed by atoms with van der Waals surface area (Å²) in [5, 5.41) is 12.5. The Morgan fingerprint density at radius 1 is 1.39 bits per heavy atom. The molecule has 2 aromatic rings. The van der Waals surface area contributed by atoms with Crippen molar-refractivity contribution in [3.05, 3.63) is 42.5 Å². The average molecular weight is 245 g/mol. The number of aromatic nitrogens is 2. The summed E-state index contributed by atoms with van der Waals surface area (Å²) >= 11 is 0. The van der Waals surface area contributed by atoms with Gasteiger partial charge in [0.05, 0.1) is 5.69 Å². The fraction of sp³-hybridized carbons (Fsp3) is 0.0833. The van der Waals surface area contributed by atoms with Crippen molar-refractivity contribution in [1.82, 2.24) is 9.97 Å². The van der Waals surface area contributed by atoms with Gasteiger partial charge >= 0.3 is 5.97 Å². The maximum atomic E-state index is 11.0. The van der Waals surface area contributed by atoms with Crippen molar-refractivity contribution < 1.29 is 14.7 Å². The second kappa shape index (κ2) is 5.13. The number of carboxylic acids is 1. The molecule has 0 aliphatic carbocycles. The van der Waals surface area contributed by atoms with Crippen LogP contribution in [0.15, 0.2) is 41.9 Å². The Kier molecular flexibility index (Phi) is 3.38. The van der Waals surface area contributed by atoms with E-state index in [9.17, 15) is 4.79 Å². The molecule has 0 spiro atoms. The molecule has 0 aliphatic heterocycles. The number of carboxylic acid groups (broad SMARTS) is 1. The summed E-state index contributed by atoms with van der Waals surface area (Å²) in [6, 6.07) is 5.36. The summed E-state index contributed by atoms with van der Waals surface area (Å²) in [6.07, 6.45) is 5.05. The number of nitrogens with one attached hydrogen (secondary N) is 1. The monoisotopic (exact) mass is 245 g/mol. The normalized spacial score (nSPS) is 11.3. The lowest BCUT2D eigenvalue weighted by Gasteiger charge is -1.96. The van der Waals surface area contributed by atoms with Crippen molar-refractivity contribution in [1.29, 1.82) is 0 Å². The van der Waals surface area contributed by atoms with Gasteiger partial charge in [0.15, 0.2) is 0 Å². The standard InChI is InChI=1S/C12H11N3O3/c1-18-15-11(12(16)17)10-6-9(7-14-10)8-2-4-13-5-3-8/h2-7,14H,1H3,(H,16,17)/b15-11-.